The first-order chi connectivity index (χ1) is 12.7. The monoisotopic (exact) mass is 352 g/mol. The van der Waals surface area contributed by atoms with E-state index < -0.39 is 0 Å². The van der Waals surface area contributed by atoms with Crippen molar-refractivity contribution in [3.05, 3.63) is 47.5 Å². The number of nitrogens with one attached hydrogen (secondary N) is 1. The van der Waals surface area contributed by atoms with Gasteiger partial charge in [-0.2, -0.15) is 0 Å². The molecule has 0 atom stereocenters. The highest BCUT2D eigenvalue weighted by molar-refractivity contribution is 6.05. The molecule has 26 heavy (non-hydrogen) atoms. The van der Waals surface area contributed by atoms with Crippen molar-refractivity contribution in [2.45, 2.75) is 19.8 Å². The lowest BCUT2D eigenvalue weighted by atomic mass is 10.1. The van der Waals surface area contributed by atoms with E-state index in [1.165, 1.54) is 0 Å². The van der Waals surface area contributed by atoms with Gasteiger partial charge in [0.1, 0.15) is 13.2 Å². The molecule has 6 heteroatoms. The Morgan fingerprint density at radius 1 is 1.08 bits per heavy atom. The third-order valence-corrected chi connectivity index (χ3v) is 4.64. The van der Waals surface area contributed by atoms with E-state index in [9.17, 15) is 9.59 Å². The van der Waals surface area contributed by atoms with Gasteiger partial charge in [-0.15, -0.1) is 0 Å². The predicted molar refractivity (Wildman–Crippen MR) is 98.2 cm³/mol. The fourth-order valence-corrected chi connectivity index (χ4v) is 3.32. The first kappa shape index (κ1) is 16.4. The number of benzene rings is 2. The molecule has 0 aliphatic carbocycles. The SMILES string of the molecule is CCC(=O)N1CCc2cc(C(=O)Nc3ccc4c(c3)OCCO4)ccc21. The number of hydrogen-bond acceptors (Lipinski definition) is 4. The molecule has 0 unspecified atom stereocenters. The summed E-state index contributed by atoms with van der Waals surface area (Å²) < 4.78 is 11.0. The zero-order valence-electron chi connectivity index (χ0n) is 14.6. The molecule has 2 aromatic rings. The maximum Gasteiger partial charge on any atom is 0.255 e. The Morgan fingerprint density at radius 3 is 2.69 bits per heavy atom. The number of hydrogen-bond donors (Lipinski definition) is 1. The zero-order chi connectivity index (χ0) is 18.1. The summed E-state index contributed by atoms with van der Waals surface area (Å²) in [5.74, 6) is 1.24. The molecule has 0 saturated carbocycles. The van der Waals surface area contributed by atoms with Crippen LogP contribution < -0.4 is 19.7 Å². The van der Waals surface area contributed by atoms with Gasteiger partial charge < -0.3 is 19.7 Å². The molecule has 0 spiro atoms. The average molecular weight is 352 g/mol. The minimum absolute atomic E-state index is 0.109. The van der Waals surface area contributed by atoms with E-state index in [0.29, 0.717) is 48.9 Å². The van der Waals surface area contributed by atoms with Crippen molar-refractivity contribution in [1.29, 1.82) is 0 Å². The van der Waals surface area contributed by atoms with Crippen molar-refractivity contribution >= 4 is 23.2 Å². The molecule has 2 aliphatic heterocycles. The maximum atomic E-state index is 12.6. The van der Waals surface area contributed by atoms with E-state index in [-0.39, 0.29) is 11.8 Å². The molecule has 0 fully saturated rings. The first-order valence-corrected chi connectivity index (χ1v) is 8.80. The summed E-state index contributed by atoms with van der Waals surface area (Å²) in [4.78, 5) is 26.4. The fourth-order valence-electron chi connectivity index (χ4n) is 3.32. The van der Waals surface area contributed by atoms with E-state index in [0.717, 1.165) is 17.7 Å². The minimum atomic E-state index is -0.190. The predicted octanol–water partition coefficient (Wildman–Crippen LogP) is 3.01. The van der Waals surface area contributed by atoms with Gasteiger partial charge in [-0.05, 0) is 42.3 Å². The molecular weight excluding hydrogens is 332 g/mol. The Labute approximate surface area is 151 Å². The molecule has 0 aromatic heterocycles. The van der Waals surface area contributed by atoms with Gasteiger partial charge in [-0.3, -0.25) is 9.59 Å². The Morgan fingerprint density at radius 2 is 1.88 bits per heavy atom. The summed E-state index contributed by atoms with van der Waals surface area (Å²) in [6.07, 6.45) is 1.25. The Bertz CT molecular complexity index is 878. The largest absolute Gasteiger partial charge is 0.486 e. The fraction of sp³-hybridized carbons (Fsp3) is 0.300. The molecule has 2 aliphatic rings. The van der Waals surface area contributed by atoms with Crippen LogP contribution in [-0.4, -0.2) is 31.6 Å². The second-order valence-corrected chi connectivity index (χ2v) is 6.30. The number of carbonyl (C=O) groups is 2. The van der Waals surface area contributed by atoms with Crippen molar-refractivity contribution in [3.8, 4) is 11.5 Å². The third-order valence-electron chi connectivity index (χ3n) is 4.64. The maximum absolute atomic E-state index is 12.6. The molecule has 0 bridgehead atoms. The van der Waals surface area contributed by atoms with Gasteiger partial charge in [0.2, 0.25) is 5.91 Å². The van der Waals surface area contributed by atoms with Gasteiger partial charge in [0.25, 0.3) is 5.91 Å². The van der Waals surface area contributed by atoms with Crippen LogP contribution in [0.2, 0.25) is 0 Å². The Balaban J connectivity index is 1.52. The molecule has 2 amide bonds. The van der Waals surface area contributed by atoms with Crippen LogP contribution in [0.4, 0.5) is 11.4 Å². The molecule has 4 rings (SSSR count). The van der Waals surface area contributed by atoms with Gasteiger partial charge in [-0.25, -0.2) is 0 Å². The third kappa shape index (κ3) is 2.98. The van der Waals surface area contributed by atoms with Crippen molar-refractivity contribution < 1.29 is 19.1 Å². The summed E-state index contributed by atoms with van der Waals surface area (Å²) in [5.41, 5.74) is 3.17. The quantitative estimate of drug-likeness (QED) is 0.922. The van der Waals surface area contributed by atoms with E-state index in [1.807, 2.05) is 19.1 Å². The highest BCUT2D eigenvalue weighted by Gasteiger charge is 2.24. The molecule has 0 radical (unpaired) electrons. The number of amides is 2. The summed E-state index contributed by atoms with van der Waals surface area (Å²) in [7, 11) is 0. The number of fused-ring (bicyclic) bond motifs is 2. The van der Waals surface area contributed by atoms with Crippen LogP contribution in [0, 0.1) is 0 Å². The number of carbonyl (C=O) groups excluding carboxylic acids is 2. The van der Waals surface area contributed by atoms with Crippen LogP contribution in [0.5, 0.6) is 11.5 Å². The lowest BCUT2D eigenvalue weighted by Gasteiger charge is -2.19. The molecular formula is C20H20N2O4. The molecule has 1 N–H and O–H groups in total. The van der Waals surface area contributed by atoms with E-state index >= 15 is 0 Å². The normalized spacial score (nSPS) is 14.7. The highest BCUT2D eigenvalue weighted by atomic mass is 16.6. The second kappa shape index (κ2) is 6.71. The topological polar surface area (TPSA) is 67.9 Å². The number of rotatable bonds is 3. The summed E-state index contributed by atoms with van der Waals surface area (Å²) in [5, 5.41) is 2.89. The van der Waals surface area contributed by atoms with Crippen molar-refractivity contribution in [3.63, 3.8) is 0 Å². The van der Waals surface area contributed by atoms with Crippen molar-refractivity contribution in [2.24, 2.45) is 0 Å². The lowest BCUT2D eigenvalue weighted by Crippen LogP contribution is -2.27. The van der Waals surface area contributed by atoms with E-state index in [2.05, 4.69) is 5.32 Å². The number of nitrogens with zero attached hydrogens (tertiary/aromatic N) is 1. The Kier molecular flexibility index (Phi) is 4.24. The number of ether oxygens (including phenoxy) is 2. The standard InChI is InChI=1S/C20H20N2O4/c1-2-19(23)22-8-7-13-11-14(3-5-16(13)22)20(24)21-15-4-6-17-18(12-15)26-10-9-25-17/h3-6,11-12H,2,7-10H2,1H3,(H,21,24). The lowest BCUT2D eigenvalue weighted by molar-refractivity contribution is -0.118. The smallest absolute Gasteiger partial charge is 0.255 e. The van der Waals surface area contributed by atoms with Crippen molar-refractivity contribution in [2.75, 3.05) is 30.0 Å². The minimum Gasteiger partial charge on any atom is -0.486 e. The molecule has 0 saturated heterocycles. The molecule has 2 heterocycles. The van der Waals surface area contributed by atoms with Gasteiger partial charge in [-0.1, -0.05) is 6.92 Å². The summed E-state index contributed by atoms with van der Waals surface area (Å²) in [6, 6.07) is 10.8. The van der Waals surface area contributed by atoms with Crippen molar-refractivity contribution in [1.82, 2.24) is 0 Å². The average Bonchev–Trinajstić information content (AvgIpc) is 3.10. The Hall–Kier alpha value is -3.02. The van der Waals surface area contributed by atoms with Crippen LogP contribution in [0.3, 0.4) is 0 Å². The second-order valence-electron chi connectivity index (χ2n) is 6.30. The molecule has 134 valence electrons. The summed E-state index contributed by atoms with van der Waals surface area (Å²) in [6.45, 7) is 3.57. The zero-order valence-corrected chi connectivity index (χ0v) is 14.6. The van der Waals surface area contributed by atoms with Crippen LogP contribution in [0.1, 0.15) is 29.3 Å². The van der Waals surface area contributed by atoms with Crippen LogP contribution in [-0.2, 0) is 11.2 Å². The van der Waals surface area contributed by atoms with Crippen LogP contribution >= 0.6 is 0 Å². The summed E-state index contributed by atoms with van der Waals surface area (Å²) >= 11 is 0. The van der Waals surface area contributed by atoms with Crippen LogP contribution in [0.15, 0.2) is 36.4 Å². The van der Waals surface area contributed by atoms with Gasteiger partial charge in [0.05, 0.1) is 0 Å². The van der Waals surface area contributed by atoms with E-state index in [4.69, 9.17) is 9.47 Å². The number of anilines is 2. The van der Waals surface area contributed by atoms with E-state index in [1.54, 1.807) is 29.2 Å². The van der Waals surface area contributed by atoms with Gasteiger partial charge in [0, 0.05) is 36.0 Å². The molecule has 2 aromatic carbocycles. The first-order valence-electron chi connectivity index (χ1n) is 8.80. The van der Waals surface area contributed by atoms with Gasteiger partial charge in [0.15, 0.2) is 11.5 Å². The van der Waals surface area contributed by atoms with Gasteiger partial charge >= 0.3 is 0 Å². The highest BCUT2D eigenvalue weighted by Crippen LogP contribution is 2.33. The molecule has 6 nitrogen and oxygen atoms in total. The van der Waals surface area contributed by atoms with Crippen LogP contribution in [0.25, 0.3) is 0 Å².